The Morgan fingerprint density at radius 3 is 3.06 bits per heavy atom. The van der Waals surface area contributed by atoms with Crippen LogP contribution in [-0.4, -0.2) is 30.6 Å². The number of nitrogens with zero attached hydrogens (tertiary/aromatic N) is 1. The largest absolute Gasteiger partial charge is 0.315 e. The summed E-state index contributed by atoms with van der Waals surface area (Å²) in [4.78, 5) is 4.11. The molecule has 1 saturated heterocycles. The van der Waals surface area contributed by atoms with E-state index in [4.69, 9.17) is 0 Å². The highest BCUT2D eigenvalue weighted by molar-refractivity contribution is 9.10. The van der Waals surface area contributed by atoms with Gasteiger partial charge >= 0.3 is 0 Å². The van der Waals surface area contributed by atoms with Gasteiger partial charge in [0.1, 0.15) is 0 Å². The first-order chi connectivity index (χ1) is 8.29. The molecule has 0 spiro atoms. The summed E-state index contributed by atoms with van der Waals surface area (Å²) < 4.78 is 1.22. The van der Waals surface area contributed by atoms with Gasteiger partial charge in [0.2, 0.25) is 0 Å². The lowest BCUT2D eigenvalue weighted by Crippen LogP contribution is -2.45. The van der Waals surface area contributed by atoms with Crippen molar-refractivity contribution in [1.29, 1.82) is 0 Å². The minimum atomic E-state index is 0.726. The van der Waals surface area contributed by atoms with Gasteiger partial charge in [0.05, 0.1) is 0 Å². The van der Waals surface area contributed by atoms with Gasteiger partial charge in [0, 0.05) is 33.9 Å². The summed E-state index contributed by atoms with van der Waals surface area (Å²) in [5.41, 5.74) is 0. The molecule has 1 unspecified atom stereocenters. The van der Waals surface area contributed by atoms with Gasteiger partial charge in [-0.25, -0.2) is 0 Å². The molecule has 1 aromatic heterocycles. The fourth-order valence-electron chi connectivity index (χ4n) is 2.46. The summed E-state index contributed by atoms with van der Waals surface area (Å²) in [6.07, 6.45) is 3.90. The molecule has 2 rings (SSSR count). The lowest BCUT2D eigenvalue weighted by molar-refractivity contribution is 0.159. The fourth-order valence-corrected chi connectivity index (χ4v) is 3.94. The highest BCUT2D eigenvalue weighted by Gasteiger charge is 2.20. The molecular formula is C13H21BrN2S. The molecule has 1 aliphatic heterocycles. The number of hydrogen-bond acceptors (Lipinski definition) is 3. The third-order valence-electron chi connectivity index (χ3n) is 3.28. The summed E-state index contributed by atoms with van der Waals surface area (Å²) in [5.74, 6) is 0. The predicted octanol–water partition coefficient (Wildman–Crippen LogP) is 3.47. The Labute approximate surface area is 117 Å². The molecule has 2 heterocycles. The summed E-state index contributed by atoms with van der Waals surface area (Å²) in [7, 11) is 0. The van der Waals surface area contributed by atoms with Gasteiger partial charge in [-0.1, -0.05) is 6.92 Å². The van der Waals surface area contributed by atoms with E-state index in [9.17, 15) is 0 Å². The van der Waals surface area contributed by atoms with Crippen molar-refractivity contribution < 1.29 is 0 Å². The van der Waals surface area contributed by atoms with E-state index in [0.29, 0.717) is 0 Å². The van der Waals surface area contributed by atoms with Crippen LogP contribution in [-0.2, 0) is 6.54 Å². The van der Waals surface area contributed by atoms with Gasteiger partial charge in [-0.2, -0.15) is 0 Å². The number of rotatable bonds is 5. The van der Waals surface area contributed by atoms with E-state index in [1.54, 1.807) is 0 Å². The van der Waals surface area contributed by atoms with Crippen molar-refractivity contribution in [2.24, 2.45) is 0 Å². The number of thiophene rings is 1. The van der Waals surface area contributed by atoms with Gasteiger partial charge < -0.3 is 5.32 Å². The van der Waals surface area contributed by atoms with Crippen LogP contribution < -0.4 is 5.32 Å². The van der Waals surface area contributed by atoms with Gasteiger partial charge in [-0.3, -0.25) is 4.90 Å². The maximum Gasteiger partial charge on any atom is 0.0331 e. The maximum absolute atomic E-state index is 3.54. The summed E-state index contributed by atoms with van der Waals surface area (Å²) >= 11 is 5.40. The van der Waals surface area contributed by atoms with E-state index in [-0.39, 0.29) is 0 Å². The monoisotopic (exact) mass is 316 g/mol. The van der Waals surface area contributed by atoms with Crippen molar-refractivity contribution >= 4 is 27.3 Å². The molecule has 96 valence electrons. The second-order valence-electron chi connectivity index (χ2n) is 4.70. The zero-order valence-corrected chi connectivity index (χ0v) is 12.8. The molecule has 0 bridgehead atoms. The molecular weight excluding hydrogens is 296 g/mol. The van der Waals surface area contributed by atoms with Gasteiger partial charge in [0.25, 0.3) is 0 Å². The standard InChI is InChI=1S/C13H21BrN2S/c1-2-6-16(12-4-3-5-15-8-12)9-13-7-11(14)10-17-13/h7,10,12,15H,2-6,8-9H2,1H3. The first-order valence-corrected chi connectivity index (χ1v) is 8.14. The van der Waals surface area contributed by atoms with E-state index in [2.05, 4.69) is 44.5 Å². The number of hydrogen-bond donors (Lipinski definition) is 1. The second-order valence-corrected chi connectivity index (χ2v) is 6.61. The molecule has 1 N–H and O–H groups in total. The van der Waals surface area contributed by atoms with Crippen LogP contribution in [0.2, 0.25) is 0 Å². The average molecular weight is 317 g/mol. The van der Waals surface area contributed by atoms with Gasteiger partial charge in [0.15, 0.2) is 0 Å². The van der Waals surface area contributed by atoms with Crippen LogP contribution in [0.4, 0.5) is 0 Å². The second kappa shape index (κ2) is 6.88. The number of piperidine rings is 1. The normalized spacial score (nSPS) is 21.0. The Kier molecular flexibility index (Phi) is 5.48. The number of nitrogens with one attached hydrogen (secondary N) is 1. The Bertz CT molecular complexity index is 334. The van der Waals surface area contributed by atoms with Crippen LogP contribution in [0.15, 0.2) is 15.9 Å². The highest BCUT2D eigenvalue weighted by Crippen LogP contribution is 2.23. The lowest BCUT2D eigenvalue weighted by Gasteiger charge is -2.34. The van der Waals surface area contributed by atoms with E-state index in [1.807, 2.05) is 11.3 Å². The molecule has 4 heteroatoms. The molecule has 17 heavy (non-hydrogen) atoms. The van der Waals surface area contributed by atoms with E-state index >= 15 is 0 Å². The minimum Gasteiger partial charge on any atom is -0.315 e. The first kappa shape index (κ1) is 13.5. The Morgan fingerprint density at radius 2 is 2.47 bits per heavy atom. The zero-order chi connectivity index (χ0) is 12.1. The molecule has 2 nitrogen and oxygen atoms in total. The Balaban J connectivity index is 1.95. The molecule has 1 aromatic rings. The van der Waals surface area contributed by atoms with Crippen LogP contribution in [0.3, 0.4) is 0 Å². The molecule has 1 atom stereocenters. The Morgan fingerprint density at radius 1 is 1.59 bits per heavy atom. The minimum absolute atomic E-state index is 0.726. The van der Waals surface area contributed by atoms with Crippen LogP contribution in [0.1, 0.15) is 31.1 Å². The van der Waals surface area contributed by atoms with E-state index in [1.165, 1.54) is 41.7 Å². The molecule has 0 amide bonds. The van der Waals surface area contributed by atoms with Crippen molar-refractivity contribution in [1.82, 2.24) is 10.2 Å². The van der Waals surface area contributed by atoms with E-state index in [0.717, 1.165) is 19.1 Å². The number of halogens is 1. The van der Waals surface area contributed by atoms with Crippen molar-refractivity contribution in [3.63, 3.8) is 0 Å². The van der Waals surface area contributed by atoms with Crippen molar-refractivity contribution in [2.45, 2.75) is 38.8 Å². The molecule has 1 aliphatic rings. The van der Waals surface area contributed by atoms with Crippen LogP contribution in [0.25, 0.3) is 0 Å². The summed E-state index contributed by atoms with van der Waals surface area (Å²) in [6, 6.07) is 2.98. The smallest absolute Gasteiger partial charge is 0.0331 e. The van der Waals surface area contributed by atoms with E-state index < -0.39 is 0 Å². The van der Waals surface area contributed by atoms with Crippen LogP contribution >= 0.6 is 27.3 Å². The molecule has 1 fully saturated rings. The van der Waals surface area contributed by atoms with Gasteiger partial charge in [-0.15, -0.1) is 11.3 Å². The fraction of sp³-hybridized carbons (Fsp3) is 0.692. The summed E-state index contributed by atoms with van der Waals surface area (Å²) in [6.45, 7) is 6.94. The SMILES string of the molecule is CCCN(Cc1cc(Br)cs1)C1CCCNC1. The molecule has 0 radical (unpaired) electrons. The van der Waals surface area contributed by atoms with Crippen molar-refractivity contribution in [2.75, 3.05) is 19.6 Å². The predicted molar refractivity (Wildman–Crippen MR) is 78.6 cm³/mol. The Hall–Kier alpha value is 0.1000. The molecule has 0 aliphatic carbocycles. The average Bonchev–Trinajstić information content (AvgIpc) is 2.75. The molecule has 0 aromatic carbocycles. The van der Waals surface area contributed by atoms with Gasteiger partial charge in [-0.05, 0) is 54.3 Å². The topological polar surface area (TPSA) is 15.3 Å². The first-order valence-electron chi connectivity index (χ1n) is 6.47. The van der Waals surface area contributed by atoms with Crippen molar-refractivity contribution in [3.05, 3.63) is 20.8 Å². The highest BCUT2D eigenvalue weighted by atomic mass is 79.9. The van der Waals surface area contributed by atoms with Crippen molar-refractivity contribution in [3.8, 4) is 0 Å². The summed E-state index contributed by atoms with van der Waals surface area (Å²) in [5, 5.41) is 5.70. The third kappa shape index (κ3) is 4.05. The quantitative estimate of drug-likeness (QED) is 0.894. The van der Waals surface area contributed by atoms with Crippen LogP contribution in [0.5, 0.6) is 0 Å². The van der Waals surface area contributed by atoms with Crippen LogP contribution in [0, 0.1) is 0 Å². The molecule has 0 saturated carbocycles. The zero-order valence-electron chi connectivity index (χ0n) is 10.4. The maximum atomic E-state index is 3.54. The lowest BCUT2D eigenvalue weighted by atomic mass is 10.1. The third-order valence-corrected chi connectivity index (χ3v) is 4.96.